The molecule has 1 aromatic heterocycles. The van der Waals surface area contributed by atoms with Gasteiger partial charge in [-0.3, -0.25) is 4.98 Å². The molecule has 100 valence electrons. The van der Waals surface area contributed by atoms with E-state index in [2.05, 4.69) is 10.3 Å². The number of nitrogens with one attached hydrogen (secondary N) is 1. The molecule has 0 bridgehead atoms. The summed E-state index contributed by atoms with van der Waals surface area (Å²) >= 11 is 5.91. The van der Waals surface area contributed by atoms with Crippen LogP contribution in [0.1, 0.15) is 17.2 Å². The van der Waals surface area contributed by atoms with Gasteiger partial charge in [-0.05, 0) is 35.4 Å². The molecule has 2 N–H and O–H groups in total. The normalized spacial score (nSPS) is 12.4. The summed E-state index contributed by atoms with van der Waals surface area (Å²) in [5, 5.41) is 13.4. The van der Waals surface area contributed by atoms with Gasteiger partial charge in [0, 0.05) is 30.5 Å². The highest BCUT2D eigenvalue weighted by Crippen LogP contribution is 2.17. The van der Waals surface area contributed by atoms with Gasteiger partial charge >= 0.3 is 0 Å². The Labute approximate surface area is 116 Å². The van der Waals surface area contributed by atoms with Crippen molar-refractivity contribution in [2.75, 3.05) is 6.54 Å². The average Bonchev–Trinajstić information content (AvgIpc) is 2.42. The summed E-state index contributed by atoms with van der Waals surface area (Å²) in [6.07, 6.45) is 2.66. The number of rotatable bonds is 5. The van der Waals surface area contributed by atoms with Crippen LogP contribution >= 0.6 is 11.6 Å². The van der Waals surface area contributed by atoms with Crippen molar-refractivity contribution in [3.8, 4) is 0 Å². The van der Waals surface area contributed by atoms with Crippen LogP contribution in [0.2, 0.25) is 5.02 Å². The van der Waals surface area contributed by atoms with E-state index >= 15 is 0 Å². The lowest BCUT2D eigenvalue weighted by Crippen LogP contribution is -2.21. The molecule has 5 heteroatoms. The quantitative estimate of drug-likeness (QED) is 0.885. The van der Waals surface area contributed by atoms with Gasteiger partial charge in [-0.2, -0.15) is 0 Å². The highest BCUT2D eigenvalue weighted by molar-refractivity contribution is 6.31. The Bertz CT molecular complexity index is 536. The van der Waals surface area contributed by atoms with E-state index in [9.17, 15) is 9.50 Å². The van der Waals surface area contributed by atoms with E-state index in [0.717, 1.165) is 11.1 Å². The van der Waals surface area contributed by atoms with Crippen molar-refractivity contribution in [1.82, 2.24) is 10.3 Å². The number of pyridine rings is 1. The second-order valence-corrected chi connectivity index (χ2v) is 4.57. The highest BCUT2D eigenvalue weighted by atomic mass is 35.5. The first-order valence-electron chi connectivity index (χ1n) is 5.89. The molecular formula is C14H14ClFN2O. The fraction of sp³-hybridized carbons (Fsp3) is 0.214. The van der Waals surface area contributed by atoms with Crippen LogP contribution in [0.15, 0.2) is 42.7 Å². The third-order valence-corrected chi connectivity index (χ3v) is 3.11. The second-order valence-electron chi connectivity index (χ2n) is 4.16. The monoisotopic (exact) mass is 280 g/mol. The van der Waals surface area contributed by atoms with E-state index in [-0.39, 0.29) is 5.82 Å². The Kier molecular flexibility index (Phi) is 4.85. The predicted octanol–water partition coefficient (Wildman–Crippen LogP) is 2.70. The van der Waals surface area contributed by atoms with Gasteiger partial charge in [-0.25, -0.2) is 4.39 Å². The standard InChI is InChI=1S/C14H14ClFN2O/c15-13-7-12(16)2-1-11(13)8-18-9-14(19)10-3-5-17-6-4-10/h1-7,14,18-19H,8-9H2. The zero-order valence-corrected chi connectivity index (χ0v) is 10.9. The third kappa shape index (κ3) is 3.99. The Balaban J connectivity index is 1.86. The molecule has 1 aromatic carbocycles. The number of benzene rings is 1. The van der Waals surface area contributed by atoms with Gasteiger partial charge in [0.1, 0.15) is 5.82 Å². The summed E-state index contributed by atoms with van der Waals surface area (Å²) in [6.45, 7) is 0.860. The van der Waals surface area contributed by atoms with Gasteiger partial charge in [-0.1, -0.05) is 17.7 Å². The fourth-order valence-corrected chi connectivity index (χ4v) is 1.95. The molecule has 0 aliphatic carbocycles. The summed E-state index contributed by atoms with van der Waals surface area (Å²) < 4.78 is 12.9. The zero-order chi connectivity index (χ0) is 13.7. The van der Waals surface area contributed by atoms with Crippen LogP contribution in [0.25, 0.3) is 0 Å². The molecule has 0 spiro atoms. The zero-order valence-electron chi connectivity index (χ0n) is 10.2. The van der Waals surface area contributed by atoms with Gasteiger partial charge in [0.05, 0.1) is 6.10 Å². The van der Waals surface area contributed by atoms with Crippen molar-refractivity contribution in [3.05, 3.63) is 64.7 Å². The minimum absolute atomic E-state index is 0.356. The van der Waals surface area contributed by atoms with Crippen LogP contribution in [-0.2, 0) is 6.54 Å². The first kappa shape index (κ1) is 13.9. The minimum atomic E-state index is -0.609. The van der Waals surface area contributed by atoms with Gasteiger partial charge in [-0.15, -0.1) is 0 Å². The molecule has 0 aliphatic rings. The molecule has 1 atom stereocenters. The molecule has 0 aliphatic heterocycles. The predicted molar refractivity (Wildman–Crippen MR) is 72.3 cm³/mol. The van der Waals surface area contributed by atoms with Gasteiger partial charge in [0.15, 0.2) is 0 Å². The lowest BCUT2D eigenvalue weighted by Gasteiger charge is -2.12. The molecule has 0 saturated heterocycles. The number of hydrogen-bond acceptors (Lipinski definition) is 3. The molecule has 1 heterocycles. The van der Waals surface area contributed by atoms with Crippen LogP contribution in [0.3, 0.4) is 0 Å². The maximum Gasteiger partial charge on any atom is 0.124 e. The van der Waals surface area contributed by atoms with E-state index in [4.69, 9.17) is 11.6 Å². The smallest absolute Gasteiger partial charge is 0.124 e. The Morgan fingerprint density at radius 2 is 2.00 bits per heavy atom. The molecular weight excluding hydrogens is 267 g/mol. The van der Waals surface area contributed by atoms with Crippen LogP contribution in [0, 0.1) is 5.82 Å². The molecule has 0 amide bonds. The summed E-state index contributed by atoms with van der Waals surface area (Å²) in [7, 11) is 0. The van der Waals surface area contributed by atoms with Crippen molar-refractivity contribution in [1.29, 1.82) is 0 Å². The Morgan fingerprint density at radius 1 is 1.26 bits per heavy atom. The number of aliphatic hydroxyl groups is 1. The lowest BCUT2D eigenvalue weighted by atomic mass is 10.1. The van der Waals surface area contributed by atoms with E-state index in [0.29, 0.717) is 18.1 Å². The minimum Gasteiger partial charge on any atom is -0.387 e. The van der Waals surface area contributed by atoms with Gasteiger partial charge < -0.3 is 10.4 Å². The maximum absolute atomic E-state index is 12.9. The number of hydrogen-bond donors (Lipinski definition) is 2. The fourth-order valence-electron chi connectivity index (χ4n) is 1.71. The maximum atomic E-state index is 12.9. The molecule has 1 unspecified atom stereocenters. The SMILES string of the molecule is OC(CNCc1ccc(F)cc1Cl)c1ccncc1. The molecule has 2 aromatic rings. The number of aliphatic hydroxyl groups excluding tert-OH is 1. The lowest BCUT2D eigenvalue weighted by molar-refractivity contribution is 0.174. The van der Waals surface area contributed by atoms with Crippen molar-refractivity contribution in [2.45, 2.75) is 12.6 Å². The molecule has 19 heavy (non-hydrogen) atoms. The van der Waals surface area contributed by atoms with Crippen LogP contribution < -0.4 is 5.32 Å². The summed E-state index contributed by atoms with van der Waals surface area (Å²) in [6, 6.07) is 7.79. The Hall–Kier alpha value is -1.49. The number of nitrogens with zero attached hydrogens (tertiary/aromatic N) is 1. The molecule has 2 rings (SSSR count). The third-order valence-electron chi connectivity index (χ3n) is 2.76. The molecule has 3 nitrogen and oxygen atoms in total. The van der Waals surface area contributed by atoms with Gasteiger partial charge in [0.2, 0.25) is 0 Å². The van der Waals surface area contributed by atoms with Crippen molar-refractivity contribution in [3.63, 3.8) is 0 Å². The van der Waals surface area contributed by atoms with Crippen molar-refractivity contribution in [2.24, 2.45) is 0 Å². The summed E-state index contributed by atoms with van der Waals surface area (Å²) in [5.74, 6) is -0.356. The highest BCUT2D eigenvalue weighted by Gasteiger charge is 2.07. The largest absolute Gasteiger partial charge is 0.387 e. The summed E-state index contributed by atoms with van der Waals surface area (Å²) in [4.78, 5) is 3.89. The van der Waals surface area contributed by atoms with E-state index in [1.165, 1.54) is 12.1 Å². The van der Waals surface area contributed by atoms with E-state index < -0.39 is 6.10 Å². The van der Waals surface area contributed by atoms with E-state index in [1.807, 2.05) is 0 Å². The second kappa shape index (κ2) is 6.61. The average molecular weight is 281 g/mol. The van der Waals surface area contributed by atoms with Crippen molar-refractivity contribution >= 4 is 11.6 Å². The molecule has 0 fully saturated rings. The van der Waals surface area contributed by atoms with Crippen LogP contribution in [-0.4, -0.2) is 16.6 Å². The van der Waals surface area contributed by atoms with E-state index in [1.54, 1.807) is 30.6 Å². The van der Waals surface area contributed by atoms with Crippen molar-refractivity contribution < 1.29 is 9.50 Å². The van der Waals surface area contributed by atoms with Crippen LogP contribution in [0.5, 0.6) is 0 Å². The summed E-state index contributed by atoms with van der Waals surface area (Å²) in [5.41, 5.74) is 1.60. The van der Waals surface area contributed by atoms with Gasteiger partial charge in [0.25, 0.3) is 0 Å². The van der Waals surface area contributed by atoms with Crippen LogP contribution in [0.4, 0.5) is 4.39 Å². The number of aromatic nitrogens is 1. The first-order chi connectivity index (χ1) is 9.16. The molecule has 0 saturated carbocycles. The first-order valence-corrected chi connectivity index (χ1v) is 6.27. The molecule has 0 radical (unpaired) electrons. The topological polar surface area (TPSA) is 45.1 Å². The number of halogens is 2. The Morgan fingerprint density at radius 3 is 2.68 bits per heavy atom.